The van der Waals surface area contributed by atoms with E-state index in [9.17, 15) is 4.79 Å². The topological polar surface area (TPSA) is 91.0 Å². The van der Waals surface area contributed by atoms with Crippen LogP contribution in [0.15, 0.2) is 0 Å². The van der Waals surface area contributed by atoms with Gasteiger partial charge in [0.15, 0.2) is 5.82 Å². The van der Waals surface area contributed by atoms with Crippen LogP contribution in [0.1, 0.15) is 23.2 Å². The largest absolute Gasteiger partial charge is 0.461 e. The third-order valence-corrected chi connectivity index (χ3v) is 1.29. The number of aromatic nitrogens is 3. The maximum atomic E-state index is 11.1. The number of carbonyl (C=O) groups is 1. The fourth-order valence-electron chi connectivity index (χ4n) is 0.768. The Kier molecular flexibility index (Phi) is 2.73. The molecule has 0 aliphatic carbocycles. The van der Waals surface area contributed by atoms with Crippen molar-refractivity contribution in [3.8, 4) is 0 Å². The smallest absolute Gasteiger partial charge is 0.362 e. The second kappa shape index (κ2) is 3.79. The van der Waals surface area contributed by atoms with E-state index in [0.29, 0.717) is 5.82 Å². The first-order valence-corrected chi connectivity index (χ1v) is 3.79. The lowest BCUT2D eigenvalue weighted by atomic mass is 10.4. The number of rotatable bonds is 2. The van der Waals surface area contributed by atoms with Gasteiger partial charge in [-0.2, -0.15) is 0 Å². The lowest BCUT2D eigenvalue weighted by Crippen LogP contribution is -2.13. The third kappa shape index (κ3) is 2.11. The summed E-state index contributed by atoms with van der Waals surface area (Å²) in [4.78, 5) is 14.9. The molecule has 0 aliphatic heterocycles. The van der Waals surface area contributed by atoms with Gasteiger partial charge in [-0.3, -0.25) is 0 Å². The molecule has 1 aromatic heterocycles. The molecule has 13 heavy (non-hydrogen) atoms. The van der Waals surface area contributed by atoms with Crippen LogP contribution in [0.5, 0.6) is 0 Å². The fraction of sp³-hybridized carbons (Fsp3) is 0.429. The SMILES string of the molecule is CCOC(=O)c1nnc(C)nc1N. The van der Waals surface area contributed by atoms with E-state index in [2.05, 4.69) is 19.9 Å². The maximum absolute atomic E-state index is 11.1. The van der Waals surface area contributed by atoms with Gasteiger partial charge in [-0.15, -0.1) is 10.2 Å². The van der Waals surface area contributed by atoms with Gasteiger partial charge in [0.25, 0.3) is 0 Å². The predicted molar refractivity (Wildman–Crippen MR) is 44.9 cm³/mol. The van der Waals surface area contributed by atoms with Crippen LogP contribution in [-0.2, 0) is 4.74 Å². The molecular weight excluding hydrogens is 172 g/mol. The van der Waals surface area contributed by atoms with Crippen molar-refractivity contribution in [2.24, 2.45) is 0 Å². The minimum Gasteiger partial charge on any atom is -0.461 e. The molecule has 2 N–H and O–H groups in total. The molecule has 0 saturated heterocycles. The third-order valence-electron chi connectivity index (χ3n) is 1.29. The number of hydrogen-bond acceptors (Lipinski definition) is 6. The summed E-state index contributed by atoms with van der Waals surface area (Å²) in [6.45, 7) is 3.61. The quantitative estimate of drug-likeness (QED) is 0.644. The van der Waals surface area contributed by atoms with Gasteiger partial charge in [0, 0.05) is 0 Å². The fourth-order valence-corrected chi connectivity index (χ4v) is 0.768. The molecule has 6 nitrogen and oxygen atoms in total. The number of ether oxygens (including phenoxy) is 1. The van der Waals surface area contributed by atoms with Crippen molar-refractivity contribution in [2.75, 3.05) is 12.3 Å². The van der Waals surface area contributed by atoms with Gasteiger partial charge in [0.1, 0.15) is 5.82 Å². The first kappa shape index (κ1) is 9.37. The minimum atomic E-state index is -0.597. The summed E-state index contributed by atoms with van der Waals surface area (Å²) >= 11 is 0. The number of hydrogen-bond donors (Lipinski definition) is 1. The van der Waals surface area contributed by atoms with Gasteiger partial charge in [0.2, 0.25) is 5.69 Å². The van der Waals surface area contributed by atoms with E-state index in [4.69, 9.17) is 5.73 Å². The molecule has 1 aromatic rings. The normalized spacial score (nSPS) is 9.69. The summed E-state index contributed by atoms with van der Waals surface area (Å²) in [6.07, 6.45) is 0. The summed E-state index contributed by atoms with van der Waals surface area (Å²) in [5.74, 6) is -0.128. The van der Waals surface area contributed by atoms with E-state index in [0.717, 1.165) is 0 Å². The molecule has 6 heteroatoms. The maximum Gasteiger partial charge on any atom is 0.362 e. The highest BCUT2D eigenvalue weighted by molar-refractivity contribution is 5.91. The molecule has 0 spiro atoms. The minimum absolute atomic E-state index is 0.0348. The molecule has 0 bridgehead atoms. The highest BCUT2D eigenvalue weighted by atomic mass is 16.5. The number of nitrogens with zero attached hydrogens (tertiary/aromatic N) is 3. The zero-order chi connectivity index (χ0) is 9.84. The average Bonchev–Trinajstić information content (AvgIpc) is 2.04. The number of aryl methyl sites for hydroxylation is 1. The lowest BCUT2D eigenvalue weighted by molar-refractivity contribution is 0.0519. The molecule has 0 atom stereocenters. The Morgan fingerprint density at radius 1 is 1.54 bits per heavy atom. The number of nitrogens with two attached hydrogens (primary N) is 1. The molecule has 0 aromatic carbocycles. The van der Waals surface area contributed by atoms with Gasteiger partial charge in [-0.05, 0) is 13.8 Å². The summed E-state index contributed by atoms with van der Waals surface area (Å²) < 4.78 is 4.69. The summed E-state index contributed by atoms with van der Waals surface area (Å²) in [7, 11) is 0. The molecular formula is C7H10N4O2. The first-order chi connectivity index (χ1) is 6.15. The summed E-state index contributed by atoms with van der Waals surface area (Å²) in [5.41, 5.74) is 5.40. The number of carbonyl (C=O) groups excluding carboxylic acids is 1. The zero-order valence-electron chi connectivity index (χ0n) is 7.44. The molecule has 1 heterocycles. The number of nitrogen functional groups attached to an aromatic ring is 1. The van der Waals surface area contributed by atoms with Crippen molar-refractivity contribution in [1.82, 2.24) is 15.2 Å². The standard InChI is InChI=1S/C7H10N4O2/c1-3-13-7(12)5-6(8)9-4(2)10-11-5/h3H2,1-2H3,(H2,8,9,10). The van der Waals surface area contributed by atoms with Crippen LogP contribution in [0, 0.1) is 6.92 Å². The Hall–Kier alpha value is -1.72. The monoisotopic (exact) mass is 182 g/mol. The van der Waals surface area contributed by atoms with Crippen molar-refractivity contribution in [1.29, 1.82) is 0 Å². The Bertz CT molecular complexity index is 326. The van der Waals surface area contributed by atoms with Gasteiger partial charge in [-0.1, -0.05) is 0 Å². The first-order valence-electron chi connectivity index (χ1n) is 3.79. The van der Waals surface area contributed by atoms with Crippen LogP contribution in [0.3, 0.4) is 0 Å². The lowest BCUT2D eigenvalue weighted by Gasteiger charge is -2.02. The number of esters is 1. The summed E-state index contributed by atoms with van der Waals surface area (Å²) in [6, 6.07) is 0. The van der Waals surface area contributed by atoms with Crippen LogP contribution >= 0.6 is 0 Å². The van der Waals surface area contributed by atoms with Crippen LogP contribution in [0.4, 0.5) is 5.82 Å². The van der Waals surface area contributed by atoms with Crippen molar-refractivity contribution < 1.29 is 9.53 Å². The van der Waals surface area contributed by atoms with Crippen LogP contribution in [0.2, 0.25) is 0 Å². The van der Waals surface area contributed by atoms with Gasteiger partial charge >= 0.3 is 5.97 Å². The van der Waals surface area contributed by atoms with Crippen LogP contribution in [0.25, 0.3) is 0 Å². The Labute approximate surface area is 75.1 Å². The highest BCUT2D eigenvalue weighted by Gasteiger charge is 2.14. The van der Waals surface area contributed by atoms with E-state index >= 15 is 0 Å². The van der Waals surface area contributed by atoms with Crippen molar-refractivity contribution in [2.45, 2.75) is 13.8 Å². The van der Waals surface area contributed by atoms with E-state index in [-0.39, 0.29) is 18.1 Å². The number of anilines is 1. The van der Waals surface area contributed by atoms with E-state index in [1.165, 1.54) is 0 Å². The molecule has 0 aliphatic rings. The highest BCUT2D eigenvalue weighted by Crippen LogP contribution is 2.04. The second-order valence-corrected chi connectivity index (χ2v) is 2.31. The average molecular weight is 182 g/mol. The Morgan fingerprint density at radius 2 is 2.23 bits per heavy atom. The Balaban J connectivity index is 2.95. The van der Waals surface area contributed by atoms with E-state index < -0.39 is 5.97 Å². The van der Waals surface area contributed by atoms with Gasteiger partial charge in [0.05, 0.1) is 6.61 Å². The molecule has 1 rings (SSSR count). The van der Waals surface area contributed by atoms with Crippen LogP contribution in [-0.4, -0.2) is 27.8 Å². The van der Waals surface area contributed by atoms with Crippen LogP contribution < -0.4 is 5.73 Å². The summed E-state index contributed by atoms with van der Waals surface area (Å²) in [5, 5.41) is 7.19. The van der Waals surface area contributed by atoms with E-state index in [1.54, 1.807) is 13.8 Å². The van der Waals surface area contributed by atoms with Crippen molar-refractivity contribution in [3.05, 3.63) is 11.5 Å². The predicted octanol–water partition coefficient (Wildman–Crippen LogP) is -0.0611. The molecule has 0 radical (unpaired) electrons. The molecule has 0 amide bonds. The van der Waals surface area contributed by atoms with Gasteiger partial charge < -0.3 is 10.5 Å². The zero-order valence-corrected chi connectivity index (χ0v) is 7.44. The molecule has 70 valence electrons. The second-order valence-electron chi connectivity index (χ2n) is 2.31. The van der Waals surface area contributed by atoms with Crippen molar-refractivity contribution in [3.63, 3.8) is 0 Å². The molecule has 0 saturated carbocycles. The van der Waals surface area contributed by atoms with Gasteiger partial charge in [-0.25, -0.2) is 9.78 Å². The molecule has 0 unspecified atom stereocenters. The van der Waals surface area contributed by atoms with E-state index in [1.807, 2.05) is 0 Å². The Morgan fingerprint density at radius 3 is 2.77 bits per heavy atom. The van der Waals surface area contributed by atoms with Crippen molar-refractivity contribution >= 4 is 11.8 Å². The molecule has 0 fully saturated rings.